The van der Waals surface area contributed by atoms with Gasteiger partial charge >= 0.3 is 6.18 Å². The summed E-state index contributed by atoms with van der Waals surface area (Å²) in [5.74, 6) is 0.338. The highest BCUT2D eigenvalue weighted by atomic mass is 19.4. The molecule has 0 heterocycles. The van der Waals surface area contributed by atoms with Gasteiger partial charge in [-0.2, -0.15) is 13.2 Å². The Kier molecular flexibility index (Phi) is 3.03. The Bertz CT molecular complexity index is 413. The van der Waals surface area contributed by atoms with Gasteiger partial charge in [-0.15, -0.1) is 0 Å². The molecule has 0 unspecified atom stereocenters. The molecule has 1 saturated carbocycles. The van der Waals surface area contributed by atoms with Crippen LogP contribution in [0.15, 0.2) is 18.2 Å². The van der Waals surface area contributed by atoms with Crippen molar-refractivity contribution in [1.29, 1.82) is 0 Å². The molecule has 2 rings (SSSR count). The summed E-state index contributed by atoms with van der Waals surface area (Å²) in [4.78, 5) is 0. The monoisotopic (exact) mass is 245 g/mol. The van der Waals surface area contributed by atoms with Crippen LogP contribution < -0.4 is 5.73 Å². The van der Waals surface area contributed by atoms with Crippen LogP contribution in [0.4, 0.5) is 13.2 Å². The Balaban J connectivity index is 2.24. The maximum absolute atomic E-state index is 12.5. The molecule has 1 aliphatic carbocycles. The lowest BCUT2D eigenvalue weighted by Gasteiger charge is -2.15. The minimum atomic E-state index is -4.40. The fourth-order valence-electron chi connectivity index (χ4n) is 1.87. The third-order valence-electron chi connectivity index (χ3n) is 3.04. The summed E-state index contributed by atoms with van der Waals surface area (Å²) in [6.07, 6.45) is -1.61. The minimum Gasteiger partial charge on any atom is -0.508 e. The van der Waals surface area contributed by atoms with E-state index in [0.29, 0.717) is 12.3 Å². The number of aromatic hydroxyl groups is 1. The van der Waals surface area contributed by atoms with Crippen molar-refractivity contribution >= 4 is 0 Å². The van der Waals surface area contributed by atoms with Gasteiger partial charge < -0.3 is 10.8 Å². The summed E-state index contributed by atoms with van der Waals surface area (Å²) in [7, 11) is 0. The molecule has 0 aliphatic heterocycles. The molecule has 1 aromatic rings. The number of hydrogen-bond donors (Lipinski definition) is 2. The van der Waals surface area contributed by atoms with Gasteiger partial charge in [0.05, 0.1) is 5.56 Å². The van der Waals surface area contributed by atoms with Crippen LogP contribution in [-0.4, -0.2) is 5.11 Å². The van der Waals surface area contributed by atoms with Crippen molar-refractivity contribution < 1.29 is 18.3 Å². The van der Waals surface area contributed by atoms with Gasteiger partial charge in [-0.25, -0.2) is 0 Å². The maximum Gasteiger partial charge on any atom is 0.416 e. The molecule has 0 spiro atoms. The van der Waals surface area contributed by atoms with Gasteiger partial charge in [0.1, 0.15) is 5.75 Å². The van der Waals surface area contributed by atoms with E-state index in [0.717, 1.165) is 31.0 Å². The summed E-state index contributed by atoms with van der Waals surface area (Å²) in [5.41, 5.74) is 5.24. The molecule has 0 amide bonds. The third kappa shape index (κ3) is 2.91. The van der Waals surface area contributed by atoms with Crippen LogP contribution in [0.25, 0.3) is 0 Å². The number of phenols is 1. The molecule has 1 aromatic carbocycles. The van der Waals surface area contributed by atoms with Gasteiger partial charge in [-0.1, -0.05) is 12.8 Å². The number of phenolic OH excluding ortho intramolecular Hbond substituents is 1. The first-order valence-electron chi connectivity index (χ1n) is 5.53. The summed E-state index contributed by atoms with van der Waals surface area (Å²) >= 11 is 0. The van der Waals surface area contributed by atoms with Gasteiger partial charge in [-0.3, -0.25) is 0 Å². The van der Waals surface area contributed by atoms with Gasteiger partial charge in [0.25, 0.3) is 0 Å². The predicted molar refractivity (Wildman–Crippen MR) is 57.4 cm³/mol. The molecule has 94 valence electrons. The first-order valence-corrected chi connectivity index (χ1v) is 5.53. The van der Waals surface area contributed by atoms with Crippen LogP contribution in [-0.2, 0) is 6.18 Å². The van der Waals surface area contributed by atoms with Crippen molar-refractivity contribution in [3.8, 4) is 5.75 Å². The van der Waals surface area contributed by atoms with Crippen molar-refractivity contribution in [2.75, 3.05) is 0 Å². The number of rotatable bonds is 3. The fraction of sp³-hybridized carbons (Fsp3) is 0.500. The zero-order valence-electron chi connectivity index (χ0n) is 9.17. The molecule has 2 nitrogen and oxygen atoms in total. The second kappa shape index (κ2) is 4.22. The number of alkyl halides is 3. The van der Waals surface area contributed by atoms with Crippen LogP contribution in [0.1, 0.15) is 36.4 Å². The molecular weight excluding hydrogens is 231 g/mol. The Hall–Kier alpha value is -1.23. The largest absolute Gasteiger partial charge is 0.508 e. The van der Waals surface area contributed by atoms with Crippen molar-refractivity contribution in [2.45, 2.75) is 31.5 Å². The SMILES string of the molecule is N[C@H](CC1CC1)c1cc(C(F)(F)F)ccc1O. The molecule has 1 atom stereocenters. The van der Waals surface area contributed by atoms with E-state index in [1.54, 1.807) is 0 Å². The smallest absolute Gasteiger partial charge is 0.416 e. The molecule has 3 N–H and O–H groups in total. The first kappa shape index (κ1) is 12.2. The number of benzene rings is 1. The molecule has 1 fully saturated rings. The van der Waals surface area contributed by atoms with Gasteiger partial charge in [0.2, 0.25) is 0 Å². The lowest BCUT2D eigenvalue weighted by Crippen LogP contribution is -2.13. The number of nitrogens with two attached hydrogens (primary N) is 1. The molecular formula is C12H14F3NO. The number of hydrogen-bond acceptors (Lipinski definition) is 2. The van der Waals surface area contributed by atoms with E-state index in [1.807, 2.05) is 0 Å². The van der Waals surface area contributed by atoms with Crippen LogP contribution in [0.2, 0.25) is 0 Å². The molecule has 0 radical (unpaired) electrons. The minimum absolute atomic E-state index is 0.161. The molecule has 0 aromatic heterocycles. The van der Waals surface area contributed by atoms with Gasteiger partial charge in [0, 0.05) is 11.6 Å². The molecule has 0 saturated heterocycles. The Morgan fingerprint density at radius 3 is 2.53 bits per heavy atom. The van der Waals surface area contributed by atoms with Crippen molar-refractivity contribution in [3.63, 3.8) is 0 Å². The first-order chi connectivity index (χ1) is 7.88. The van der Waals surface area contributed by atoms with Crippen LogP contribution in [0.3, 0.4) is 0 Å². The quantitative estimate of drug-likeness (QED) is 0.858. The fourth-order valence-corrected chi connectivity index (χ4v) is 1.87. The van der Waals surface area contributed by atoms with Crippen molar-refractivity contribution in [3.05, 3.63) is 29.3 Å². The molecule has 17 heavy (non-hydrogen) atoms. The van der Waals surface area contributed by atoms with E-state index in [9.17, 15) is 18.3 Å². The molecule has 1 aliphatic rings. The van der Waals surface area contributed by atoms with Crippen LogP contribution in [0, 0.1) is 5.92 Å². The topological polar surface area (TPSA) is 46.2 Å². The number of halogens is 3. The van der Waals surface area contributed by atoms with Gasteiger partial charge in [-0.05, 0) is 30.5 Å². The van der Waals surface area contributed by atoms with E-state index >= 15 is 0 Å². The average Bonchev–Trinajstić information content (AvgIpc) is 3.00. The summed E-state index contributed by atoms with van der Waals surface area (Å²) < 4.78 is 37.5. The summed E-state index contributed by atoms with van der Waals surface area (Å²) in [5, 5.41) is 9.56. The maximum atomic E-state index is 12.5. The predicted octanol–water partition coefficient (Wildman–Crippen LogP) is 3.21. The summed E-state index contributed by atoms with van der Waals surface area (Å²) in [6, 6.07) is 2.35. The van der Waals surface area contributed by atoms with Crippen LogP contribution >= 0.6 is 0 Å². The lowest BCUT2D eigenvalue weighted by atomic mass is 9.99. The highest BCUT2D eigenvalue weighted by Crippen LogP contribution is 2.40. The third-order valence-corrected chi connectivity index (χ3v) is 3.04. The second-order valence-electron chi connectivity index (χ2n) is 4.56. The molecule has 5 heteroatoms. The zero-order chi connectivity index (χ0) is 12.6. The van der Waals surface area contributed by atoms with E-state index in [4.69, 9.17) is 5.73 Å². The van der Waals surface area contributed by atoms with Crippen molar-refractivity contribution in [1.82, 2.24) is 0 Å². The van der Waals surface area contributed by atoms with E-state index in [2.05, 4.69) is 0 Å². The highest BCUT2D eigenvalue weighted by Gasteiger charge is 2.32. The highest BCUT2D eigenvalue weighted by molar-refractivity contribution is 5.39. The summed E-state index contributed by atoms with van der Waals surface area (Å²) in [6.45, 7) is 0. The zero-order valence-corrected chi connectivity index (χ0v) is 9.17. The Morgan fingerprint density at radius 2 is 2.00 bits per heavy atom. The van der Waals surface area contributed by atoms with Crippen molar-refractivity contribution in [2.24, 2.45) is 11.7 Å². The van der Waals surface area contributed by atoms with E-state index < -0.39 is 17.8 Å². The lowest BCUT2D eigenvalue weighted by molar-refractivity contribution is -0.137. The normalized spacial score (nSPS) is 18.1. The Labute approximate surface area is 97.2 Å². The van der Waals surface area contributed by atoms with Gasteiger partial charge in [0.15, 0.2) is 0 Å². The van der Waals surface area contributed by atoms with E-state index in [1.165, 1.54) is 0 Å². The molecule has 0 bridgehead atoms. The van der Waals surface area contributed by atoms with Crippen LogP contribution in [0.5, 0.6) is 5.75 Å². The second-order valence-corrected chi connectivity index (χ2v) is 4.56. The standard InChI is InChI=1S/C12H14F3NO/c13-12(14,15)8-3-4-11(17)9(6-8)10(16)5-7-1-2-7/h3-4,6-7,10,17H,1-2,5,16H2/t10-/m1/s1. The average molecular weight is 245 g/mol. The van der Waals surface area contributed by atoms with E-state index in [-0.39, 0.29) is 11.3 Å². The Morgan fingerprint density at radius 1 is 1.35 bits per heavy atom.